The first-order valence-electron chi connectivity index (χ1n) is 7.93. The Balaban J connectivity index is 0.00000312. The van der Waals surface area contributed by atoms with Crippen LogP contribution in [0.1, 0.15) is 30.2 Å². The Kier molecular flexibility index (Phi) is 9.51. The Labute approximate surface area is 170 Å². The highest BCUT2D eigenvalue weighted by Crippen LogP contribution is 2.19. The minimum absolute atomic E-state index is 0. The maximum atomic E-state index is 11.1. The first kappa shape index (κ1) is 21.4. The highest BCUT2D eigenvalue weighted by atomic mass is 127. The predicted octanol–water partition coefficient (Wildman–Crippen LogP) is 3.79. The van der Waals surface area contributed by atoms with Gasteiger partial charge < -0.3 is 16.0 Å². The van der Waals surface area contributed by atoms with Crippen molar-refractivity contribution in [2.45, 2.75) is 26.3 Å². The molecule has 2 aromatic rings. The second-order valence-corrected chi connectivity index (χ2v) is 6.58. The predicted molar refractivity (Wildman–Crippen MR) is 117 cm³/mol. The number of carbonyl (C=O) groups excluding carboxylic acids is 1. The van der Waals surface area contributed by atoms with E-state index in [1.807, 2.05) is 24.3 Å². The molecule has 0 radical (unpaired) electrons. The molecular formula is C18H25IN4OS. The number of hydrogen-bond acceptors (Lipinski definition) is 3. The molecule has 3 N–H and O–H groups in total. The zero-order valence-corrected chi connectivity index (χ0v) is 17.9. The van der Waals surface area contributed by atoms with Crippen LogP contribution in [0, 0.1) is 0 Å². The van der Waals surface area contributed by atoms with Crippen molar-refractivity contribution in [2.75, 3.05) is 18.9 Å². The van der Waals surface area contributed by atoms with Crippen molar-refractivity contribution in [3.05, 3.63) is 52.2 Å². The summed E-state index contributed by atoms with van der Waals surface area (Å²) in [6.45, 7) is 5.17. The van der Waals surface area contributed by atoms with Gasteiger partial charge in [-0.05, 0) is 29.1 Å². The van der Waals surface area contributed by atoms with E-state index in [0.29, 0.717) is 12.5 Å². The third-order valence-electron chi connectivity index (χ3n) is 3.54. The van der Waals surface area contributed by atoms with Gasteiger partial charge in [-0.3, -0.25) is 9.79 Å². The average Bonchev–Trinajstić information content (AvgIpc) is 3.09. The molecule has 0 aliphatic carbocycles. The van der Waals surface area contributed by atoms with Gasteiger partial charge in [0.1, 0.15) is 0 Å². The van der Waals surface area contributed by atoms with Crippen LogP contribution in [0.4, 0.5) is 5.69 Å². The second kappa shape index (κ2) is 11.1. The van der Waals surface area contributed by atoms with Crippen LogP contribution in [-0.4, -0.2) is 25.5 Å². The number of benzene rings is 1. The van der Waals surface area contributed by atoms with Gasteiger partial charge in [0.05, 0.1) is 0 Å². The van der Waals surface area contributed by atoms with E-state index in [1.165, 1.54) is 11.8 Å². The Bertz CT molecular complexity index is 688. The molecule has 7 heteroatoms. The van der Waals surface area contributed by atoms with Gasteiger partial charge in [-0.2, -0.15) is 0 Å². The third kappa shape index (κ3) is 7.43. The fourth-order valence-electron chi connectivity index (χ4n) is 2.29. The summed E-state index contributed by atoms with van der Waals surface area (Å²) in [5, 5.41) is 11.5. The standard InChI is InChI=1S/C18H24N4OS.HI/c1-13(17-8-5-9-24-17)11-20-18(19-3)21-12-15-6-4-7-16(10-15)22-14(2)23;/h4-10,13H,11-12H2,1-3H3,(H,22,23)(H2,19,20,21);1H. The lowest BCUT2D eigenvalue weighted by Gasteiger charge is -2.15. The molecule has 0 saturated carbocycles. The smallest absolute Gasteiger partial charge is 0.221 e. The van der Waals surface area contributed by atoms with Gasteiger partial charge in [-0.15, -0.1) is 35.3 Å². The van der Waals surface area contributed by atoms with Gasteiger partial charge >= 0.3 is 0 Å². The van der Waals surface area contributed by atoms with E-state index < -0.39 is 0 Å². The van der Waals surface area contributed by atoms with Gasteiger partial charge in [0.15, 0.2) is 5.96 Å². The quantitative estimate of drug-likeness (QED) is 0.341. The van der Waals surface area contributed by atoms with Crippen LogP contribution in [0.2, 0.25) is 0 Å². The number of amides is 1. The Morgan fingerprint density at radius 3 is 2.68 bits per heavy atom. The lowest BCUT2D eigenvalue weighted by molar-refractivity contribution is -0.114. The number of rotatable bonds is 6. The minimum atomic E-state index is -0.0693. The van der Waals surface area contributed by atoms with Crippen LogP contribution < -0.4 is 16.0 Å². The van der Waals surface area contributed by atoms with E-state index in [9.17, 15) is 4.79 Å². The largest absolute Gasteiger partial charge is 0.356 e. The first-order valence-corrected chi connectivity index (χ1v) is 8.81. The molecule has 2 rings (SSSR count). The summed E-state index contributed by atoms with van der Waals surface area (Å²) < 4.78 is 0. The van der Waals surface area contributed by atoms with Crippen molar-refractivity contribution in [1.82, 2.24) is 10.6 Å². The van der Waals surface area contributed by atoms with Crippen molar-refractivity contribution in [2.24, 2.45) is 4.99 Å². The van der Waals surface area contributed by atoms with E-state index >= 15 is 0 Å². The van der Waals surface area contributed by atoms with E-state index in [-0.39, 0.29) is 29.9 Å². The van der Waals surface area contributed by atoms with Crippen LogP contribution in [0.3, 0.4) is 0 Å². The summed E-state index contributed by atoms with van der Waals surface area (Å²) in [6, 6.07) is 12.0. The van der Waals surface area contributed by atoms with Gasteiger partial charge in [0.2, 0.25) is 5.91 Å². The first-order chi connectivity index (χ1) is 11.6. The lowest BCUT2D eigenvalue weighted by Crippen LogP contribution is -2.38. The number of nitrogens with one attached hydrogen (secondary N) is 3. The molecular weight excluding hydrogens is 447 g/mol. The van der Waals surface area contributed by atoms with Crippen molar-refractivity contribution >= 4 is 52.9 Å². The average molecular weight is 472 g/mol. The van der Waals surface area contributed by atoms with Crippen molar-refractivity contribution in [3.8, 4) is 0 Å². The van der Waals surface area contributed by atoms with Crippen LogP contribution in [0.25, 0.3) is 0 Å². The number of anilines is 1. The van der Waals surface area contributed by atoms with Crippen molar-refractivity contribution in [3.63, 3.8) is 0 Å². The molecule has 1 unspecified atom stereocenters. The summed E-state index contributed by atoms with van der Waals surface area (Å²) >= 11 is 1.77. The Morgan fingerprint density at radius 2 is 2.04 bits per heavy atom. The van der Waals surface area contributed by atoms with E-state index in [0.717, 1.165) is 23.8 Å². The number of carbonyl (C=O) groups is 1. The zero-order valence-electron chi connectivity index (χ0n) is 14.7. The van der Waals surface area contributed by atoms with Crippen molar-refractivity contribution in [1.29, 1.82) is 0 Å². The molecule has 0 aliphatic heterocycles. The normalized spacial score (nSPS) is 12.0. The number of halogens is 1. The topological polar surface area (TPSA) is 65.5 Å². The number of nitrogens with zero attached hydrogens (tertiary/aromatic N) is 1. The van der Waals surface area contributed by atoms with Crippen LogP contribution in [0.15, 0.2) is 46.8 Å². The molecule has 136 valence electrons. The molecule has 1 aromatic carbocycles. The Hall–Kier alpha value is -1.61. The maximum absolute atomic E-state index is 11.1. The number of guanidine groups is 1. The molecule has 25 heavy (non-hydrogen) atoms. The minimum Gasteiger partial charge on any atom is -0.356 e. The van der Waals surface area contributed by atoms with E-state index in [1.54, 1.807) is 18.4 Å². The number of aliphatic imine (C=N–C) groups is 1. The molecule has 5 nitrogen and oxygen atoms in total. The van der Waals surface area contributed by atoms with Crippen LogP contribution >= 0.6 is 35.3 Å². The maximum Gasteiger partial charge on any atom is 0.221 e. The summed E-state index contributed by atoms with van der Waals surface area (Å²) in [7, 11) is 1.76. The fourth-order valence-corrected chi connectivity index (χ4v) is 3.08. The SMILES string of the molecule is CN=C(NCc1cccc(NC(C)=O)c1)NCC(C)c1cccs1.I. The highest BCUT2D eigenvalue weighted by Gasteiger charge is 2.07. The molecule has 0 bridgehead atoms. The number of hydrogen-bond donors (Lipinski definition) is 3. The van der Waals surface area contributed by atoms with E-state index in [2.05, 4.69) is 45.4 Å². The second-order valence-electron chi connectivity index (χ2n) is 5.60. The van der Waals surface area contributed by atoms with Gasteiger partial charge in [-0.1, -0.05) is 25.1 Å². The summed E-state index contributed by atoms with van der Waals surface area (Å²) in [6.07, 6.45) is 0. The van der Waals surface area contributed by atoms with Gasteiger partial charge in [0.25, 0.3) is 0 Å². The molecule has 0 saturated heterocycles. The van der Waals surface area contributed by atoms with Crippen LogP contribution in [0.5, 0.6) is 0 Å². The van der Waals surface area contributed by atoms with Gasteiger partial charge in [0, 0.05) is 43.5 Å². The van der Waals surface area contributed by atoms with Gasteiger partial charge in [-0.25, -0.2) is 0 Å². The van der Waals surface area contributed by atoms with Crippen LogP contribution in [-0.2, 0) is 11.3 Å². The van der Waals surface area contributed by atoms with E-state index in [4.69, 9.17) is 0 Å². The summed E-state index contributed by atoms with van der Waals surface area (Å²) in [5.74, 6) is 1.13. The molecule has 1 heterocycles. The monoisotopic (exact) mass is 472 g/mol. The molecule has 1 amide bonds. The third-order valence-corrected chi connectivity index (χ3v) is 4.64. The molecule has 1 aromatic heterocycles. The zero-order chi connectivity index (χ0) is 17.4. The Morgan fingerprint density at radius 1 is 1.24 bits per heavy atom. The molecule has 0 fully saturated rings. The molecule has 1 atom stereocenters. The summed E-state index contributed by atoms with van der Waals surface area (Å²) in [4.78, 5) is 16.7. The lowest BCUT2D eigenvalue weighted by atomic mass is 10.1. The molecule has 0 spiro atoms. The highest BCUT2D eigenvalue weighted by molar-refractivity contribution is 14.0. The fraction of sp³-hybridized carbons (Fsp3) is 0.333. The van der Waals surface area contributed by atoms with Crippen molar-refractivity contribution < 1.29 is 4.79 Å². The molecule has 0 aliphatic rings. The summed E-state index contributed by atoms with van der Waals surface area (Å²) in [5.41, 5.74) is 1.88. The number of thiophene rings is 1.